The lowest BCUT2D eigenvalue weighted by Gasteiger charge is -2.21. The Labute approximate surface area is 176 Å². The van der Waals surface area contributed by atoms with Crippen molar-refractivity contribution in [2.75, 3.05) is 26.7 Å². The maximum absolute atomic E-state index is 13.0. The van der Waals surface area contributed by atoms with Gasteiger partial charge in [0.2, 0.25) is 0 Å². The molecule has 3 aromatic rings. The smallest absolute Gasteiger partial charge is 0.332 e. The lowest BCUT2D eigenvalue weighted by Crippen LogP contribution is -2.38. The topological polar surface area (TPSA) is 74.3 Å². The fourth-order valence-corrected chi connectivity index (χ4v) is 3.84. The van der Waals surface area contributed by atoms with E-state index in [4.69, 9.17) is 9.72 Å². The van der Waals surface area contributed by atoms with Gasteiger partial charge in [-0.2, -0.15) is 0 Å². The predicted octanol–water partition coefficient (Wildman–Crippen LogP) is 1.94. The summed E-state index contributed by atoms with van der Waals surface area (Å²) in [5.74, 6) is 1.51. The maximum Gasteiger partial charge on any atom is 0.332 e. The molecule has 0 aliphatic heterocycles. The van der Waals surface area contributed by atoms with Crippen LogP contribution in [0, 0.1) is 0 Å². The summed E-state index contributed by atoms with van der Waals surface area (Å²) in [7, 11) is 4.81. The van der Waals surface area contributed by atoms with E-state index in [-0.39, 0.29) is 17.2 Å². The molecule has 0 aliphatic rings. The van der Waals surface area contributed by atoms with Crippen LogP contribution in [0.25, 0.3) is 11.2 Å². The van der Waals surface area contributed by atoms with Crippen LogP contribution in [-0.4, -0.2) is 50.3 Å². The lowest BCUT2D eigenvalue weighted by molar-refractivity contribution is 0.290. The predicted molar refractivity (Wildman–Crippen MR) is 119 cm³/mol. The van der Waals surface area contributed by atoms with E-state index in [2.05, 4.69) is 25.7 Å². The molecule has 1 unspecified atom stereocenters. The zero-order valence-electron chi connectivity index (χ0n) is 18.7. The molecule has 8 heteroatoms. The molecular weight excluding hydrogens is 382 g/mol. The molecule has 162 valence electrons. The molecule has 0 fully saturated rings. The first-order valence-corrected chi connectivity index (χ1v) is 10.4. The molecule has 2 heterocycles. The van der Waals surface area contributed by atoms with E-state index in [0.29, 0.717) is 17.7 Å². The van der Waals surface area contributed by atoms with Crippen molar-refractivity contribution in [3.8, 4) is 5.75 Å². The second kappa shape index (κ2) is 8.87. The average molecular weight is 414 g/mol. The number of methoxy groups -OCH3 is 1. The molecule has 0 spiro atoms. The molecule has 0 aliphatic carbocycles. The molecule has 0 saturated heterocycles. The third-order valence-electron chi connectivity index (χ3n) is 5.91. The number of imidazole rings is 1. The zero-order chi connectivity index (χ0) is 22.0. The van der Waals surface area contributed by atoms with E-state index < -0.39 is 0 Å². The summed E-state index contributed by atoms with van der Waals surface area (Å²) in [4.78, 5) is 32.6. The van der Waals surface area contributed by atoms with Crippen LogP contribution in [0.15, 0.2) is 33.9 Å². The van der Waals surface area contributed by atoms with E-state index in [1.54, 1.807) is 14.2 Å². The minimum absolute atomic E-state index is 0.0557. The Morgan fingerprint density at radius 1 is 1.07 bits per heavy atom. The number of likely N-dealkylation sites (N-methyl/N-ethyl adjacent to an activating group) is 1. The third kappa shape index (κ3) is 3.79. The first kappa shape index (κ1) is 21.8. The molecule has 0 radical (unpaired) electrons. The number of aryl methyl sites for hydroxylation is 1. The molecule has 1 aromatic carbocycles. The fraction of sp³-hybridized carbons (Fsp3) is 0.500. The molecule has 8 nitrogen and oxygen atoms in total. The highest BCUT2D eigenvalue weighted by Gasteiger charge is 2.23. The van der Waals surface area contributed by atoms with Gasteiger partial charge in [-0.1, -0.05) is 32.9 Å². The van der Waals surface area contributed by atoms with Crippen molar-refractivity contribution >= 4 is 11.2 Å². The van der Waals surface area contributed by atoms with Crippen molar-refractivity contribution < 1.29 is 4.74 Å². The molecule has 0 amide bonds. The van der Waals surface area contributed by atoms with Gasteiger partial charge < -0.3 is 14.2 Å². The van der Waals surface area contributed by atoms with Gasteiger partial charge in [-0.15, -0.1) is 0 Å². The van der Waals surface area contributed by atoms with Crippen molar-refractivity contribution in [2.45, 2.75) is 33.2 Å². The van der Waals surface area contributed by atoms with Crippen LogP contribution in [0.4, 0.5) is 0 Å². The lowest BCUT2D eigenvalue weighted by atomic mass is 10.0. The first-order valence-electron chi connectivity index (χ1n) is 10.4. The molecule has 0 N–H and O–H groups in total. The Hall–Kier alpha value is -2.87. The van der Waals surface area contributed by atoms with Gasteiger partial charge in [0.1, 0.15) is 11.6 Å². The quantitative estimate of drug-likeness (QED) is 0.564. The van der Waals surface area contributed by atoms with Gasteiger partial charge in [0.15, 0.2) is 11.2 Å². The van der Waals surface area contributed by atoms with Gasteiger partial charge in [0, 0.05) is 33.1 Å². The van der Waals surface area contributed by atoms with Crippen molar-refractivity contribution in [1.82, 2.24) is 23.6 Å². The highest BCUT2D eigenvalue weighted by Crippen LogP contribution is 2.27. The van der Waals surface area contributed by atoms with Crippen LogP contribution in [0.5, 0.6) is 5.75 Å². The van der Waals surface area contributed by atoms with E-state index >= 15 is 0 Å². The first-order chi connectivity index (χ1) is 14.3. The minimum atomic E-state index is -0.371. The molecule has 0 bridgehead atoms. The van der Waals surface area contributed by atoms with Crippen LogP contribution in [0.1, 0.15) is 38.1 Å². The number of aromatic nitrogens is 4. The summed E-state index contributed by atoms with van der Waals surface area (Å²) < 4.78 is 9.86. The number of rotatable bonds is 8. The molecule has 3 rings (SSSR count). The number of hydrogen-bond donors (Lipinski definition) is 0. The van der Waals surface area contributed by atoms with E-state index in [1.807, 2.05) is 28.8 Å². The normalized spacial score (nSPS) is 12.6. The summed E-state index contributed by atoms with van der Waals surface area (Å²) in [6.07, 6.45) is 0. The van der Waals surface area contributed by atoms with Crippen LogP contribution in [0.3, 0.4) is 0 Å². The third-order valence-corrected chi connectivity index (χ3v) is 5.91. The summed E-state index contributed by atoms with van der Waals surface area (Å²) in [5.41, 5.74) is 1.29. The Morgan fingerprint density at radius 2 is 1.70 bits per heavy atom. The van der Waals surface area contributed by atoms with E-state index in [1.165, 1.54) is 11.6 Å². The van der Waals surface area contributed by atoms with Gasteiger partial charge in [-0.25, -0.2) is 9.78 Å². The largest absolute Gasteiger partial charge is 0.497 e. The molecule has 0 saturated carbocycles. The van der Waals surface area contributed by atoms with Crippen molar-refractivity contribution in [3.05, 3.63) is 56.5 Å². The number of nitrogens with zero attached hydrogens (tertiary/aromatic N) is 5. The Morgan fingerprint density at radius 3 is 2.27 bits per heavy atom. The van der Waals surface area contributed by atoms with E-state index in [0.717, 1.165) is 41.3 Å². The summed E-state index contributed by atoms with van der Waals surface area (Å²) in [5, 5.41) is 0. The number of fused-ring (bicyclic) bond motifs is 1. The Kier molecular flexibility index (Phi) is 6.45. The van der Waals surface area contributed by atoms with Crippen LogP contribution in [-0.2, 0) is 20.6 Å². The number of benzene rings is 1. The second-order valence-corrected chi connectivity index (χ2v) is 7.52. The van der Waals surface area contributed by atoms with E-state index in [9.17, 15) is 9.59 Å². The van der Waals surface area contributed by atoms with Crippen LogP contribution >= 0.6 is 0 Å². The Bertz CT molecular complexity index is 1140. The van der Waals surface area contributed by atoms with Gasteiger partial charge >= 0.3 is 5.69 Å². The van der Waals surface area contributed by atoms with Gasteiger partial charge in [0.25, 0.3) is 5.56 Å². The Balaban J connectivity index is 2.19. The molecule has 2 aromatic heterocycles. The monoisotopic (exact) mass is 413 g/mol. The van der Waals surface area contributed by atoms with Crippen molar-refractivity contribution in [2.24, 2.45) is 14.1 Å². The van der Waals surface area contributed by atoms with Crippen molar-refractivity contribution in [3.63, 3.8) is 0 Å². The van der Waals surface area contributed by atoms with Gasteiger partial charge in [-0.3, -0.25) is 13.9 Å². The van der Waals surface area contributed by atoms with Crippen molar-refractivity contribution in [1.29, 1.82) is 0 Å². The molecule has 30 heavy (non-hydrogen) atoms. The highest BCUT2D eigenvalue weighted by molar-refractivity contribution is 5.71. The highest BCUT2D eigenvalue weighted by atomic mass is 16.5. The summed E-state index contributed by atoms with van der Waals surface area (Å²) in [6, 6.07) is 7.86. The number of hydrogen-bond acceptors (Lipinski definition) is 5. The minimum Gasteiger partial charge on any atom is -0.497 e. The average Bonchev–Trinajstić information content (AvgIpc) is 3.16. The van der Waals surface area contributed by atoms with Gasteiger partial charge in [0.05, 0.1) is 7.11 Å². The maximum atomic E-state index is 13.0. The second-order valence-electron chi connectivity index (χ2n) is 7.52. The standard InChI is InChI=1S/C22H31N5O3/c1-7-26(8-2)13-14-27-18-20(24(4)22(29)25(5)21(18)28)23-19(27)15(3)16-9-11-17(30-6)12-10-16/h9-12,15H,7-8,13-14H2,1-6H3. The number of ether oxygens (including phenoxy) is 1. The molecule has 1 atom stereocenters. The SMILES string of the molecule is CCN(CC)CCn1c(C(C)c2ccc(OC)cc2)nc2c1c(=O)n(C)c(=O)n2C. The summed E-state index contributed by atoms with van der Waals surface area (Å²) in [6.45, 7) is 9.61. The fourth-order valence-electron chi connectivity index (χ4n) is 3.84. The van der Waals surface area contributed by atoms with Gasteiger partial charge in [-0.05, 0) is 30.8 Å². The zero-order valence-corrected chi connectivity index (χ0v) is 18.7. The molecular formula is C22H31N5O3. The summed E-state index contributed by atoms with van der Waals surface area (Å²) >= 11 is 0. The van der Waals surface area contributed by atoms with Crippen LogP contribution < -0.4 is 16.0 Å². The van der Waals surface area contributed by atoms with Crippen LogP contribution in [0.2, 0.25) is 0 Å².